The van der Waals surface area contributed by atoms with Crippen LogP contribution in [0.3, 0.4) is 0 Å². The van der Waals surface area contributed by atoms with Crippen LogP contribution >= 0.6 is 15.9 Å². The van der Waals surface area contributed by atoms with Crippen LogP contribution in [0.1, 0.15) is 22.8 Å². The van der Waals surface area contributed by atoms with Gasteiger partial charge >= 0.3 is 0 Å². The van der Waals surface area contributed by atoms with Crippen LogP contribution in [0.5, 0.6) is 0 Å². The SMILES string of the molecule is Cc1ccccc1CC(O)c1cc(F)cc(Br)c1. The molecule has 0 aliphatic carbocycles. The third-order valence-electron chi connectivity index (χ3n) is 2.94. The average molecular weight is 309 g/mol. The summed E-state index contributed by atoms with van der Waals surface area (Å²) in [6.07, 6.45) is -0.208. The highest BCUT2D eigenvalue weighted by molar-refractivity contribution is 9.10. The third kappa shape index (κ3) is 3.18. The van der Waals surface area contributed by atoms with E-state index in [1.54, 1.807) is 6.07 Å². The summed E-state index contributed by atoms with van der Waals surface area (Å²) in [6.45, 7) is 2.00. The van der Waals surface area contributed by atoms with Crippen molar-refractivity contribution in [3.63, 3.8) is 0 Å². The molecular weight excluding hydrogens is 295 g/mol. The van der Waals surface area contributed by atoms with Gasteiger partial charge in [0, 0.05) is 10.9 Å². The van der Waals surface area contributed by atoms with Gasteiger partial charge in [0.05, 0.1) is 6.10 Å². The molecule has 18 heavy (non-hydrogen) atoms. The number of aryl methyl sites for hydroxylation is 1. The van der Waals surface area contributed by atoms with Crippen molar-refractivity contribution < 1.29 is 9.50 Å². The molecule has 0 saturated carbocycles. The van der Waals surface area contributed by atoms with Gasteiger partial charge < -0.3 is 5.11 Å². The Hall–Kier alpha value is -1.19. The highest BCUT2D eigenvalue weighted by atomic mass is 79.9. The van der Waals surface area contributed by atoms with Crippen molar-refractivity contribution in [3.8, 4) is 0 Å². The van der Waals surface area contributed by atoms with E-state index in [2.05, 4.69) is 15.9 Å². The minimum atomic E-state index is -0.696. The molecule has 94 valence electrons. The van der Waals surface area contributed by atoms with Gasteiger partial charge in [-0.2, -0.15) is 0 Å². The number of hydrogen-bond acceptors (Lipinski definition) is 1. The smallest absolute Gasteiger partial charge is 0.124 e. The number of halogens is 2. The second-order valence-electron chi connectivity index (χ2n) is 4.35. The van der Waals surface area contributed by atoms with Crippen LogP contribution in [-0.2, 0) is 6.42 Å². The highest BCUT2D eigenvalue weighted by Crippen LogP contribution is 2.24. The van der Waals surface area contributed by atoms with Gasteiger partial charge in [-0.3, -0.25) is 0 Å². The average Bonchev–Trinajstić information content (AvgIpc) is 2.31. The lowest BCUT2D eigenvalue weighted by atomic mass is 9.98. The minimum absolute atomic E-state index is 0.344. The van der Waals surface area contributed by atoms with Crippen LogP contribution < -0.4 is 0 Å². The summed E-state index contributed by atoms with van der Waals surface area (Å²) < 4.78 is 13.9. The molecule has 0 bridgehead atoms. The van der Waals surface area contributed by atoms with Crippen LogP contribution in [0.4, 0.5) is 4.39 Å². The van der Waals surface area contributed by atoms with Crippen LogP contribution in [0.15, 0.2) is 46.9 Å². The highest BCUT2D eigenvalue weighted by Gasteiger charge is 2.11. The molecule has 0 aliphatic heterocycles. The van der Waals surface area contributed by atoms with Crippen molar-refractivity contribution in [2.75, 3.05) is 0 Å². The van der Waals surface area contributed by atoms with Crippen LogP contribution in [0.2, 0.25) is 0 Å². The molecule has 0 saturated heterocycles. The maximum absolute atomic E-state index is 13.3. The number of rotatable bonds is 3. The van der Waals surface area contributed by atoms with Crippen molar-refractivity contribution >= 4 is 15.9 Å². The van der Waals surface area contributed by atoms with Gasteiger partial charge in [-0.15, -0.1) is 0 Å². The van der Waals surface area contributed by atoms with E-state index >= 15 is 0 Å². The maximum Gasteiger partial charge on any atom is 0.124 e. The van der Waals surface area contributed by atoms with Gasteiger partial charge in [-0.25, -0.2) is 4.39 Å². The Bertz CT molecular complexity index is 534. The molecule has 0 fully saturated rings. The van der Waals surface area contributed by atoms with Crippen LogP contribution in [-0.4, -0.2) is 5.11 Å². The van der Waals surface area contributed by atoms with E-state index in [9.17, 15) is 9.50 Å². The molecule has 0 aliphatic rings. The summed E-state index contributed by atoms with van der Waals surface area (Å²) in [5.74, 6) is -0.344. The maximum atomic E-state index is 13.3. The monoisotopic (exact) mass is 308 g/mol. The topological polar surface area (TPSA) is 20.2 Å². The van der Waals surface area contributed by atoms with Gasteiger partial charge in [-0.1, -0.05) is 40.2 Å². The summed E-state index contributed by atoms with van der Waals surface area (Å²) in [5.41, 5.74) is 2.79. The summed E-state index contributed by atoms with van der Waals surface area (Å²) in [6, 6.07) is 12.4. The van der Waals surface area contributed by atoms with E-state index in [1.165, 1.54) is 12.1 Å². The Morgan fingerprint density at radius 1 is 1.22 bits per heavy atom. The van der Waals surface area contributed by atoms with Gasteiger partial charge in [0.2, 0.25) is 0 Å². The lowest BCUT2D eigenvalue weighted by Crippen LogP contribution is -2.03. The predicted molar refractivity (Wildman–Crippen MR) is 73.9 cm³/mol. The lowest BCUT2D eigenvalue weighted by Gasteiger charge is -2.13. The van der Waals surface area contributed by atoms with E-state index in [0.717, 1.165) is 11.1 Å². The Balaban J connectivity index is 2.22. The zero-order chi connectivity index (χ0) is 13.1. The fourth-order valence-electron chi connectivity index (χ4n) is 1.93. The quantitative estimate of drug-likeness (QED) is 0.902. The zero-order valence-corrected chi connectivity index (χ0v) is 11.6. The zero-order valence-electron chi connectivity index (χ0n) is 10.0. The molecule has 1 unspecified atom stereocenters. The second kappa shape index (κ2) is 5.63. The standard InChI is InChI=1S/C15H14BrFO/c1-10-4-2-3-5-11(10)8-15(18)12-6-13(16)9-14(17)7-12/h2-7,9,15,18H,8H2,1H3. The summed E-state index contributed by atoms with van der Waals surface area (Å²) in [5, 5.41) is 10.2. The summed E-state index contributed by atoms with van der Waals surface area (Å²) in [7, 11) is 0. The largest absolute Gasteiger partial charge is 0.388 e. The van der Waals surface area contributed by atoms with Crippen LogP contribution in [0.25, 0.3) is 0 Å². The van der Waals surface area contributed by atoms with E-state index in [4.69, 9.17) is 0 Å². The van der Waals surface area contributed by atoms with Crippen molar-refractivity contribution in [2.24, 2.45) is 0 Å². The number of aliphatic hydroxyl groups excluding tert-OH is 1. The van der Waals surface area contributed by atoms with Crippen LogP contribution in [0, 0.1) is 12.7 Å². The van der Waals surface area contributed by atoms with E-state index < -0.39 is 6.10 Å². The first-order valence-electron chi connectivity index (χ1n) is 5.75. The summed E-state index contributed by atoms with van der Waals surface area (Å²) >= 11 is 3.23. The van der Waals surface area contributed by atoms with Crippen molar-refractivity contribution in [3.05, 3.63) is 69.4 Å². The van der Waals surface area contributed by atoms with Gasteiger partial charge in [0.1, 0.15) is 5.82 Å². The fourth-order valence-corrected chi connectivity index (χ4v) is 2.42. The lowest BCUT2D eigenvalue weighted by molar-refractivity contribution is 0.177. The first kappa shape index (κ1) is 13.2. The van der Waals surface area contributed by atoms with E-state index in [-0.39, 0.29) is 5.82 Å². The Morgan fingerprint density at radius 3 is 2.61 bits per heavy atom. The molecule has 0 spiro atoms. The molecule has 2 aromatic rings. The third-order valence-corrected chi connectivity index (χ3v) is 3.40. The van der Waals surface area contributed by atoms with Gasteiger partial charge in [0.25, 0.3) is 0 Å². The molecule has 1 N–H and O–H groups in total. The molecule has 0 radical (unpaired) electrons. The van der Waals surface area contributed by atoms with Gasteiger partial charge in [0.15, 0.2) is 0 Å². The molecule has 0 aromatic heterocycles. The Morgan fingerprint density at radius 2 is 1.94 bits per heavy atom. The first-order valence-corrected chi connectivity index (χ1v) is 6.54. The molecule has 1 nitrogen and oxygen atoms in total. The van der Waals surface area contributed by atoms with E-state index in [0.29, 0.717) is 16.5 Å². The number of hydrogen-bond donors (Lipinski definition) is 1. The normalized spacial score (nSPS) is 12.4. The first-order chi connectivity index (χ1) is 8.56. The second-order valence-corrected chi connectivity index (χ2v) is 5.26. The molecule has 3 heteroatoms. The van der Waals surface area contributed by atoms with Crippen molar-refractivity contribution in [1.29, 1.82) is 0 Å². The van der Waals surface area contributed by atoms with E-state index in [1.807, 2.05) is 31.2 Å². The predicted octanol–water partition coefficient (Wildman–Crippen LogP) is 4.17. The van der Waals surface area contributed by atoms with Gasteiger partial charge in [-0.05, 0) is 41.8 Å². The number of aliphatic hydroxyl groups is 1. The number of benzene rings is 2. The molecular formula is C15H14BrFO. The van der Waals surface area contributed by atoms with Crippen molar-refractivity contribution in [2.45, 2.75) is 19.4 Å². The molecule has 1 atom stereocenters. The Kier molecular flexibility index (Phi) is 4.15. The Labute approximate surface area is 114 Å². The molecule has 0 heterocycles. The fraction of sp³-hybridized carbons (Fsp3) is 0.200. The minimum Gasteiger partial charge on any atom is -0.388 e. The van der Waals surface area contributed by atoms with Crippen molar-refractivity contribution in [1.82, 2.24) is 0 Å². The summed E-state index contributed by atoms with van der Waals surface area (Å²) in [4.78, 5) is 0. The molecule has 0 amide bonds. The molecule has 2 aromatic carbocycles. The molecule has 2 rings (SSSR count).